The lowest BCUT2D eigenvalue weighted by atomic mass is 9.79. The number of nitrogens with zero attached hydrogens (tertiary/aromatic N) is 4. The van der Waals surface area contributed by atoms with Crippen LogP contribution >= 0.6 is 0 Å². The van der Waals surface area contributed by atoms with Crippen LogP contribution < -0.4 is 0 Å². The van der Waals surface area contributed by atoms with Crippen LogP contribution in [0.25, 0.3) is 11.2 Å². The lowest BCUT2D eigenvalue weighted by Crippen LogP contribution is -2.50. The molecule has 1 aliphatic rings. The molecule has 9 nitrogen and oxygen atoms in total. The number of imidazole rings is 1. The molecule has 3 heterocycles. The first kappa shape index (κ1) is 48.1. The van der Waals surface area contributed by atoms with Crippen molar-refractivity contribution in [3.05, 3.63) is 336 Å². The molecule has 0 radical (unpaired) electrons. The van der Waals surface area contributed by atoms with Crippen molar-refractivity contribution >= 4 is 11.2 Å². The average Bonchev–Trinajstić information content (AvgIpc) is 4.09. The van der Waals surface area contributed by atoms with Gasteiger partial charge in [0.1, 0.15) is 41.4 Å². The monoisotopic (exact) mass is 994 g/mol. The van der Waals surface area contributed by atoms with Crippen molar-refractivity contribution < 1.29 is 24.1 Å². The Labute approximate surface area is 442 Å². The Morgan fingerprint density at radius 1 is 0.382 bits per heavy atom. The van der Waals surface area contributed by atoms with E-state index < -0.39 is 41.3 Å². The fourth-order valence-corrected chi connectivity index (χ4v) is 11.2. The zero-order valence-corrected chi connectivity index (χ0v) is 41.5. The summed E-state index contributed by atoms with van der Waals surface area (Å²) in [7, 11) is 0. The molecule has 9 heteroatoms. The van der Waals surface area contributed by atoms with Gasteiger partial charge in [0.2, 0.25) is 5.88 Å². The predicted octanol–water partition coefficient (Wildman–Crippen LogP) is 13.2. The Balaban J connectivity index is 1.14. The quantitative estimate of drug-likeness (QED) is 0.0901. The minimum atomic E-state index is -1.28. The fraction of sp³-hybridized carbons (Fsp3) is 0.119. The normalized spacial score (nSPS) is 16.9. The van der Waals surface area contributed by atoms with Crippen LogP contribution in [0.4, 0.5) is 0 Å². The molecule has 372 valence electrons. The molecule has 0 aliphatic carbocycles. The third-order valence-electron chi connectivity index (χ3n) is 14.6. The van der Waals surface area contributed by atoms with Gasteiger partial charge in [0.05, 0.1) is 12.9 Å². The van der Waals surface area contributed by atoms with Crippen molar-refractivity contribution in [1.82, 2.24) is 19.5 Å². The molecule has 11 aromatic rings. The van der Waals surface area contributed by atoms with Crippen LogP contribution in [-0.2, 0) is 35.8 Å². The number of hydrogen-bond acceptors (Lipinski definition) is 8. The SMILES string of the molecule is Oc1ncnc2c1ncn2[C@@H]1O[C@H](COC(c2ccccc2)(c2ccccc2)c2ccccc2)[C@@H](OC(c2ccccc2)(c2ccccc2)c2ccccc2)[C@H]1OC(c1ccccc1)(c1ccccc1)c1ccccc1. The second kappa shape index (κ2) is 21.2. The summed E-state index contributed by atoms with van der Waals surface area (Å²) in [6.45, 7) is -0.00394. The highest BCUT2D eigenvalue weighted by molar-refractivity contribution is 5.75. The first-order chi connectivity index (χ1) is 37.6. The van der Waals surface area contributed by atoms with Gasteiger partial charge >= 0.3 is 0 Å². The lowest BCUT2D eigenvalue weighted by Gasteiger charge is -2.44. The molecule has 2 aromatic heterocycles. The van der Waals surface area contributed by atoms with Gasteiger partial charge in [0.25, 0.3) is 0 Å². The molecule has 1 N–H and O–H groups in total. The Morgan fingerprint density at radius 2 is 0.684 bits per heavy atom. The summed E-state index contributed by atoms with van der Waals surface area (Å²) in [4.78, 5) is 13.6. The van der Waals surface area contributed by atoms with E-state index in [1.165, 1.54) is 6.33 Å². The van der Waals surface area contributed by atoms with Gasteiger partial charge in [-0.2, -0.15) is 4.98 Å². The fourth-order valence-electron chi connectivity index (χ4n) is 11.2. The molecule has 12 rings (SSSR count). The van der Waals surface area contributed by atoms with Crippen LogP contribution in [0.15, 0.2) is 286 Å². The number of fused-ring (bicyclic) bond motifs is 1. The van der Waals surface area contributed by atoms with Gasteiger partial charge in [-0.05, 0) is 50.1 Å². The zero-order valence-electron chi connectivity index (χ0n) is 41.5. The highest BCUT2D eigenvalue weighted by atomic mass is 16.6. The number of aromatic nitrogens is 4. The summed E-state index contributed by atoms with van der Waals surface area (Å²) < 4.78 is 33.9. The third kappa shape index (κ3) is 8.65. The van der Waals surface area contributed by atoms with Crippen molar-refractivity contribution in [2.24, 2.45) is 0 Å². The van der Waals surface area contributed by atoms with Crippen molar-refractivity contribution in [1.29, 1.82) is 0 Å². The molecule has 1 saturated heterocycles. The molecule has 76 heavy (non-hydrogen) atoms. The topological polar surface area (TPSA) is 101 Å². The van der Waals surface area contributed by atoms with Crippen LogP contribution in [0.2, 0.25) is 0 Å². The largest absolute Gasteiger partial charge is 0.492 e. The Morgan fingerprint density at radius 3 is 1.01 bits per heavy atom. The number of ether oxygens (including phenoxy) is 4. The molecule has 0 unspecified atom stereocenters. The lowest BCUT2D eigenvalue weighted by molar-refractivity contribution is -0.158. The molecule has 1 fully saturated rings. The van der Waals surface area contributed by atoms with Gasteiger partial charge < -0.3 is 24.1 Å². The summed E-state index contributed by atoms with van der Waals surface area (Å²) in [6, 6.07) is 93.0. The predicted molar refractivity (Wildman–Crippen MR) is 294 cm³/mol. The molecule has 4 atom stereocenters. The van der Waals surface area contributed by atoms with E-state index in [1.54, 1.807) is 6.33 Å². The first-order valence-electron chi connectivity index (χ1n) is 25.6. The Hall–Kier alpha value is -8.83. The number of rotatable bonds is 17. The maximum absolute atomic E-state index is 11.2. The van der Waals surface area contributed by atoms with Crippen LogP contribution in [0.5, 0.6) is 5.88 Å². The van der Waals surface area contributed by atoms with Gasteiger partial charge in [0, 0.05) is 0 Å². The number of benzene rings is 9. The van der Waals surface area contributed by atoms with E-state index in [0.29, 0.717) is 5.65 Å². The maximum atomic E-state index is 11.2. The van der Waals surface area contributed by atoms with Gasteiger partial charge in [0.15, 0.2) is 17.4 Å². The second-order valence-electron chi connectivity index (χ2n) is 18.9. The van der Waals surface area contributed by atoms with Gasteiger partial charge in [-0.25, -0.2) is 9.97 Å². The minimum Gasteiger partial charge on any atom is -0.492 e. The molecule has 0 saturated carbocycles. The van der Waals surface area contributed by atoms with Gasteiger partial charge in [-0.1, -0.05) is 273 Å². The van der Waals surface area contributed by atoms with E-state index in [0.717, 1.165) is 50.1 Å². The van der Waals surface area contributed by atoms with E-state index in [1.807, 2.05) is 168 Å². The van der Waals surface area contributed by atoms with E-state index >= 15 is 0 Å². The van der Waals surface area contributed by atoms with Crippen LogP contribution in [-0.4, -0.2) is 49.5 Å². The second-order valence-corrected chi connectivity index (χ2v) is 18.9. The summed E-state index contributed by atoms with van der Waals surface area (Å²) in [5.74, 6) is -0.256. The maximum Gasteiger partial charge on any atom is 0.242 e. The summed E-state index contributed by atoms with van der Waals surface area (Å²) >= 11 is 0. The van der Waals surface area contributed by atoms with Crippen molar-refractivity contribution in [3.63, 3.8) is 0 Å². The van der Waals surface area contributed by atoms with E-state index in [2.05, 4.69) is 114 Å². The first-order valence-corrected chi connectivity index (χ1v) is 25.6. The Bertz CT molecular complexity index is 3310. The molecular weight excluding hydrogens is 941 g/mol. The number of aromatic hydroxyl groups is 1. The van der Waals surface area contributed by atoms with Gasteiger partial charge in [-0.15, -0.1) is 0 Å². The number of hydrogen-bond donors (Lipinski definition) is 1. The van der Waals surface area contributed by atoms with Crippen LogP contribution in [0.1, 0.15) is 56.3 Å². The molecule has 0 bridgehead atoms. The standard InChI is InChI=1S/C67H54N4O5/c72-63-59-62(68-47-69-63)71(48-70-59)64-61(76-67(55-40-22-7-23-41-55,56-42-24-8-25-43-56)57-44-26-9-27-45-57)60(75-66(52-34-16-4-17-35-52,53-36-18-5-19-37-53)54-38-20-6-21-39-54)58(74-64)46-73-65(49-28-10-1-11-29-49,50-30-12-2-13-31-50)51-32-14-3-15-33-51/h1-45,47-48,58,60-61,64H,46H2,(H,68,69,72)/t58-,60-,61-,64-/m1/s1. The Kier molecular flexibility index (Phi) is 13.4. The van der Waals surface area contributed by atoms with Crippen LogP contribution in [0, 0.1) is 0 Å². The van der Waals surface area contributed by atoms with Crippen molar-refractivity contribution in [2.75, 3.05) is 6.61 Å². The smallest absolute Gasteiger partial charge is 0.242 e. The molecular formula is C67H54N4O5. The summed E-state index contributed by atoms with van der Waals surface area (Å²) in [5, 5.41) is 11.2. The molecule has 0 spiro atoms. The van der Waals surface area contributed by atoms with Crippen molar-refractivity contribution in [2.45, 2.75) is 41.3 Å². The van der Waals surface area contributed by atoms with Crippen molar-refractivity contribution in [3.8, 4) is 5.88 Å². The summed E-state index contributed by atoms with van der Waals surface area (Å²) in [6.07, 6.45) is -0.887. The highest BCUT2D eigenvalue weighted by Gasteiger charge is 2.57. The molecule has 1 aliphatic heterocycles. The van der Waals surface area contributed by atoms with E-state index in [9.17, 15) is 5.11 Å². The minimum absolute atomic E-state index is 0.00394. The zero-order chi connectivity index (χ0) is 51.2. The summed E-state index contributed by atoms with van der Waals surface area (Å²) in [5.41, 5.74) is 5.03. The highest BCUT2D eigenvalue weighted by Crippen LogP contribution is 2.51. The van der Waals surface area contributed by atoms with E-state index in [-0.39, 0.29) is 18.0 Å². The molecule has 0 amide bonds. The van der Waals surface area contributed by atoms with Gasteiger partial charge in [-0.3, -0.25) is 4.57 Å². The van der Waals surface area contributed by atoms with E-state index in [4.69, 9.17) is 28.9 Å². The third-order valence-corrected chi connectivity index (χ3v) is 14.6. The molecule has 9 aromatic carbocycles. The average molecular weight is 995 g/mol. The van der Waals surface area contributed by atoms with Crippen LogP contribution in [0.3, 0.4) is 0 Å².